The maximum Gasteiger partial charge on any atom is 0.272 e. The molecule has 0 aliphatic carbocycles. The van der Waals surface area contributed by atoms with Crippen molar-refractivity contribution in [2.45, 2.75) is 6.10 Å². The van der Waals surface area contributed by atoms with Gasteiger partial charge in [-0.25, -0.2) is 4.39 Å². The van der Waals surface area contributed by atoms with Crippen molar-refractivity contribution in [3.63, 3.8) is 0 Å². The Morgan fingerprint density at radius 1 is 1.35 bits per heavy atom. The third-order valence-corrected chi connectivity index (χ3v) is 5.16. The van der Waals surface area contributed by atoms with Gasteiger partial charge < -0.3 is 20.3 Å². The van der Waals surface area contributed by atoms with E-state index in [0.717, 1.165) is 0 Å². The molecule has 2 N–H and O–H groups in total. The van der Waals surface area contributed by atoms with E-state index in [-0.39, 0.29) is 53.5 Å². The summed E-state index contributed by atoms with van der Waals surface area (Å²) in [6, 6.07) is 9.63. The van der Waals surface area contributed by atoms with Crippen LogP contribution < -0.4 is 10.6 Å². The van der Waals surface area contributed by atoms with Crippen LogP contribution in [0.3, 0.4) is 0 Å². The summed E-state index contributed by atoms with van der Waals surface area (Å²) in [5, 5.41) is 6.16. The fraction of sp³-hybridized carbons (Fsp3) is 0.381. The SMILES string of the molecule is CN(CC(=O)NC[C@@H]1CNCCO[C@H]1c1ccc(Cl)c(F)c1)C(=O)c1ccccn1.Cl. The van der Waals surface area contributed by atoms with Crippen LogP contribution in [0.1, 0.15) is 22.2 Å². The Kier molecular flexibility index (Phi) is 9.64. The summed E-state index contributed by atoms with van der Waals surface area (Å²) >= 11 is 5.79. The molecule has 7 nitrogen and oxygen atoms in total. The van der Waals surface area contributed by atoms with E-state index in [0.29, 0.717) is 31.8 Å². The van der Waals surface area contributed by atoms with Crippen molar-refractivity contribution in [3.8, 4) is 0 Å². The molecule has 2 aromatic rings. The highest BCUT2D eigenvalue weighted by atomic mass is 35.5. The Bertz CT molecular complexity index is 888. The van der Waals surface area contributed by atoms with Crippen molar-refractivity contribution in [2.75, 3.05) is 39.8 Å². The minimum atomic E-state index is -0.507. The molecule has 31 heavy (non-hydrogen) atoms. The van der Waals surface area contributed by atoms with Gasteiger partial charge in [-0.15, -0.1) is 12.4 Å². The molecule has 1 fully saturated rings. The molecule has 1 aromatic carbocycles. The lowest BCUT2D eigenvalue weighted by Gasteiger charge is -2.26. The monoisotopic (exact) mass is 470 g/mol. The first-order valence-electron chi connectivity index (χ1n) is 9.66. The second-order valence-electron chi connectivity index (χ2n) is 7.11. The highest BCUT2D eigenvalue weighted by Crippen LogP contribution is 2.29. The molecule has 3 rings (SSSR count). The van der Waals surface area contributed by atoms with Gasteiger partial charge in [0.1, 0.15) is 11.5 Å². The number of nitrogens with one attached hydrogen (secondary N) is 2. The van der Waals surface area contributed by atoms with E-state index in [1.165, 1.54) is 23.2 Å². The molecule has 2 atom stereocenters. The van der Waals surface area contributed by atoms with Gasteiger partial charge >= 0.3 is 0 Å². The third kappa shape index (κ3) is 6.87. The molecule has 0 bridgehead atoms. The van der Waals surface area contributed by atoms with Gasteiger partial charge in [-0.05, 0) is 29.8 Å². The number of halogens is 3. The van der Waals surface area contributed by atoms with Crippen LogP contribution in [0.4, 0.5) is 4.39 Å². The average Bonchev–Trinajstić information content (AvgIpc) is 3.00. The number of hydrogen-bond acceptors (Lipinski definition) is 5. The molecular weight excluding hydrogens is 446 g/mol. The lowest BCUT2D eigenvalue weighted by molar-refractivity contribution is -0.122. The van der Waals surface area contributed by atoms with Gasteiger partial charge in [0.15, 0.2) is 0 Å². The van der Waals surface area contributed by atoms with Gasteiger partial charge in [-0.1, -0.05) is 23.7 Å². The summed E-state index contributed by atoms with van der Waals surface area (Å²) in [4.78, 5) is 30.0. The van der Waals surface area contributed by atoms with Gasteiger partial charge in [0.05, 0.1) is 24.3 Å². The van der Waals surface area contributed by atoms with Gasteiger partial charge in [-0.2, -0.15) is 0 Å². The summed E-state index contributed by atoms with van der Waals surface area (Å²) in [7, 11) is 1.55. The van der Waals surface area contributed by atoms with Crippen molar-refractivity contribution in [3.05, 3.63) is 64.7 Å². The van der Waals surface area contributed by atoms with Crippen LogP contribution in [0.2, 0.25) is 5.02 Å². The number of aromatic nitrogens is 1. The standard InChI is InChI=1S/C21H24ClFN4O3.ClH/c1-27(21(29)18-4-2-3-7-25-18)13-19(28)26-12-15-11-24-8-9-30-20(15)14-5-6-16(22)17(23)10-14;/h2-7,10,15,20,24H,8-9,11-13H2,1H3,(H,26,28);1H/t15-,20-;/m0./s1. The highest BCUT2D eigenvalue weighted by Gasteiger charge is 2.27. The number of nitrogens with zero attached hydrogens (tertiary/aromatic N) is 2. The molecule has 10 heteroatoms. The molecule has 2 heterocycles. The lowest BCUT2D eigenvalue weighted by Crippen LogP contribution is -2.42. The second kappa shape index (κ2) is 12.0. The lowest BCUT2D eigenvalue weighted by atomic mass is 9.95. The van der Waals surface area contributed by atoms with Gasteiger partial charge in [0.25, 0.3) is 5.91 Å². The van der Waals surface area contributed by atoms with Crippen molar-refractivity contribution < 1.29 is 18.7 Å². The van der Waals surface area contributed by atoms with Crippen LogP contribution in [0.25, 0.3) is 0 Å². The minimum absolute atomic E-state index is 0. The first-order valence-corrected chi connectivity index (χ1v) is 10.0. The molecular formula is C21H25Cl2FN4O3. The molecule has 2 amide bonds. The average molecular weight is 471 g/mol. The van der Waals surface area contributed by atoms with E-state index in [9.17, 15) is 14.0 Å². The van der Waals surface area contributed by atoms with E-state index in [1.54, 1.807) is 31.3 Å². The molecule has 0 saturated carbocycles. The van der Waals surface area contributed by atoms with Crippen LogP contribution >= 0.6 is 24.0 Å². The van der Waals surface area contributed by atoms with Crippen molar-refractivity contribution >= 4 is 35.8 Å². The first-order chi connectivity index (χ1) is 14.5. The van der Waals surface area contributed by atoms with E-state index >= 15 is 0 Å². The second-order valence-corrected chi connectivity index (χ2v) is 7.52. The molecule has 1 aliphatic heterocycles. The molecule has 1 saturated heterocycles. The predicted octanol–water partition coefficient (Wildman–Crippen LogP) is 2.46. The molecule has 0 radical (unpaired) electrons. The summed E-state index contributed by atoms with van der Waals surface area (Å²) in [5.41, 5.74) is 0.946. The van der Waals surface area contributed by atoms with Gasteiger partial charge in [-0.3, -0.25) is 14.6 Å². The number of carbonyl (C=O) groups excluding carboxylic acids is 2. The van der Waals surface area contributed by atoms with Crippen molar-refractivity contribution in [1.82, 2.24) is 20.5 Å². The molecule has 1 aliphatic rings. The Labute approximate surface area is 191 Å². The predicted molar refractivity (Wildman–Crippen MR) is 118 cm³/mol. The van der Waals surface area contributed by atoms with Gasteiger partial charge in [0, 0.05) is 38.8 Å². The summed E-state index contributed by atoms with van der Waals surface area (Å²) < 4.78 is 19.8. The minimum Gasteiger partial charge on any atom is -0.372 e. The van der Waals surface area contributed by atoms with Crippen molar-refractivity contribution in [1.29, 1.82) is 0 Å². The van der Waals surface area contributed by atoms with Gasteiger partial charge in [0.2, 0.25) is 5.91 Å². The van der Waals surface area contributed by atoms with Crippen molar-refractivity contribution in [2.24, 2.45) is 5.92 Å². The van der Waals surface area contributed by atoms with Crippen LogP contribution in [0, 0.1) is 11.7 Å². The fourth-order valence-corrected chi connectivity index (χ4v) is 3.42. The topological polar surface area (TPSA) is 83.6 Å². The number of ether oxygens (including phenoxy) is 1. The maximum absolute atomic E-state index is 13.9. The van der Waals surface area contributed by atoms with E-state index in [1.807, 2.05) is 0 Å². The number of amides is 2. The number of benzene rings is 1. The summed E-state index contributed by atoms with van der Waals surface area (Å²) in [6.07, 6.45) is 1.14. The van der Waals surface area contributed by atoms with E-state index in [4.69, 9.17) is 16.3 Å². The number of carbonyl (C=O) groups is 2. The zero-order chi connectivity index (χ0) is 21.5. The molecule has 1 aromatic heterocycles. The maximum atomic E-state index is 13.9. The highest BCUT2D eigenvalue weighted by molar-refractivity contribution is 6.30. The number of rotatable bonds is 6. The fourth-order valence-electron chi connectivity index (χ4n) is 3.30. The molecule has 0 unspecified atom stereocenters. The Morgan fingerprint density at radius 2 is 2.16 bits per heavy atom. The van der Waals surface area contributed by atoms with Crippen LogP contribution in [-0.2, 0) is 9.53 Å². The number of hydrogen-bond donors (Lipinski definition) is 2. The van der Waals surface area contributed by atoms with Crippen LogP contribution in [0.15, 0.2) is 42.6 Å². The Morgan fingerprint density at radius 3 is 2.87 bits per heavy atom. The van der Waals surface area contributed by atoms with Crippen LogP contribution in [0.5, 0.6) is 0 Å². The van der Waals surface area contributed by atoms with Crippen LogP contribution in [-0.4, -0.2) is 61.5 Å². The largest absolute Gasteiger partial charge is 0.372 e. The quantitative estimate of drug-likeness (QED) is 0.677. The zero-order valence-corrected chi connectivity index (χ0v) is 18.6. The first kappa shape index (κ1) is 25.0. The summed E-state index contributed by atoms with van der Waals surface area (Å²) in [6.45, 7) is 1.94. The molecule has 168 valence electrons. The number of pyridine rings is 1. The smallest absolute Gasteiger partial charge is 0.272 e. The summed E-state index contributed by atoms with van der Waals surface area (Å²) in [5.74, 6) is -1.26. The third-order valence-electron chi connectivity index (χ3n) is 4.86. The molecule has 0 spiro atoms. The Balaban J connectivity index is 0.00000341. The zero-order valence-electron chi connectivity index (χ0n) is 17.0. The van der Waals surface area contributed by atoms with E-state index in [2.05, 4.69) is 15.6 Å². The Hall–Kier alpha value is -2.26. The van der Waals surface area contributed by atoms with E-state index < -0.39 is 5.82 Å². The normalized spacial score (nSPS) is 18.4. The number of likely N-dealkylation sites (N-methyl/N-ethyl adjacent to an activating group) is 1.